The summed E-state index contributed by atoms with van der Waals surface area (Å²) in [6.45, 7) is 13.5. The number of thioether (sulfide) groups is 1. The second-order valence-corrected chi connectivity index (χ2v) is 35.5. The van der Waals surface area contributed by atoms with Crippen LogP contribution in [0.25, 0.3) is 104 Å². The van der Waals surface area contributed by atoms with E-state index >= 15 is 0 Å². The van der Waals surface area contributed by atoms with Crippen LogP contribution in [0.2, 0.25) is 0 Å². The molecule has 1 atom stereocenters. The first-order valence-corrected chi connectivity index (χ1v) is 36.7. The van der Waals surface area contributed by atoms with Gasteiger partial charge in [0.05, 0.1) is 41.8 Å². The summed E-state index contributed by atoms with van der Waals surface area (Å²) >= 11 is 21.2. The highest BCUT2D eigenvalue weighted by Gasteiger charge is 2.43. The van der Waals surface area contributed by atoms with Gasteiger partial charge in [-0.1, -0.05) is 33.8 Å². The molecule has 0 radical (unpaired) electrons. The maximum atomic E-state index is 14.2. The number of amides is 4. The Hall–Kier alpha value is -4.93. The second kappa shape index (κ2) is 20.4. The summed E-state index contributed by atoms with van der Waals surface area (Å²) in [6, 6.07) is 31.5. The van der Waals surface area contributed by atoms with E-state index in [1.165, 1.54) is 89.5 Å². The van der Waals surface area contributed by atoms with Crippen molar-refractivity contribution in [2.75, 3.05) is 14.1 Å². The number of fused-ring (bicyclic) bond motifs is 5. The van der Waals surface area contributed by atoms with Gasteiger partial charge < -0.3 is 0 Å². The predicted molar refractivity (Wildman–Crippen MR) is 362 cm³/mol. The third kappa shape index (κ3) is 8.74. The molecule has 0 spiro atoms. The lowest BCUT2D eigenvalue weighted by Crippen LogP contribution is -2.24. The Morgan fingerprint density at radius 3 is 1.45 bits per heavy atom. The highest BCUT2D eigenvalue weighted by Crippen LogP contribution is 2.59. The summed E-state index contributed by atoms with van der Waals surface area (Å²) in [5.74, 6) is 0.219. The maximum Gasteiger partial charge on any atom is 0.262 e. The van der Waals surface area contributed by atoms with Gasteiger partial charge in [-0.25, -0.2) is 0 Å². The van der Waals surface area contributed by atoms with Crippen molar-refractivity contribution >= 4 is 195 Å². The lowest BCUT2D eigenvalue weighted by Gasteiger charge is -2.10. The second-order valence-electron chi connectivity index (χ2n) is 21.9. The lowest BCUT2D eigenvalue weighted by molar-refractivity contribution is 0.0678. The molecule has 11 aromatic heterocycles. The zero-order valence-electron chi connectivity index (χ0n) is 45.4. The average Bonchev–Trinajstić information content (AvgIpc) is 2.64. The standard InChI is InChI=1S/C64H48N2O4S12/c1-27(2)21-31-10-13-38(73-31)49-33-23-30(6)72-55(33)50(39-14-11-32(74-39)22-28(3)4)34-24-44(80-56(34)49)35-15-18-41(75-35)59-53-54(64(70)66(8)63(53)69)60(82-59)43-20-17-37(77-43)46-26-48-47(79-46)25-45(78-48)36-16-19-42(76-36)58-52-51(61(67)65(7)62(52)68)57(81-58)40-12-9-29(5)71-40/h9-16,18-20,23-28,37H,17,21-22H2,1-8H3. The van der Waals surface area contributed by atoms with Gasteiger partial charge in [-0.05, 0) is 130 Å². The quantitative estimate of drug-likeness (QED) is 0.108. The molecule has 82 heavy (non-hydrogen) atoms. The first-order chi connectivity index (χ1) is 39.5. The monoisotopic (exact) mass is 1290 g/mol. The van der Waals surface area contributed by atoms with Crippen LogP contribution < -0.4 is 0 Å². The summed E-state index contributed by atoms with van der Waals surface area (Å²) in [5.41, 5.74) is 4.79. The van der Waals surface area contributed by atoms with Gasteiger partial charge in [-0.15, -0.1) is 136 Å². The number of carbonyl (C=O) groups excluding carboxylic acids is 4. The summed E-state index contributed by atoms with van der Waals surface area (Å²) in [6.07, 6.45) is 5.23. The first kappa shape index (κ1) is 53.8. The van der Waals surface area contributed by atoms with Crippen LogP contribution in [0.1, 0.15) is 110 Å². The number of rotatable bonds is 13. The Morgan fingerprint density at radius 2 is 0.902 bits per heavy atom. The van der Waals surface area contributed by atoms with E-state index in [2.05, 4.69) is 126 Å². The SMILES string of the molecule is Cc1ccc(-c2sc(-c3ccc(-c4cc5sc(C6CC=C(c7sc(-c8ccc(-c9cc%10c(-c%11ccc(CC(C)C)s%11)c%11sc(C)cc%11c(-c%11ccc(CC(C)C)s%11)c%10s9)s8)c8c7C(=O)N(C)C8=O)S6)cc5s4)s3)c3c2C(=O)N(C)C3=O)s1. The summed E-state index contributed by atoms with van der Waals surface area (Å²) in [4.78, 5) is 79.2. The number of hydrogen-bond donors (Lipinski definition) is 0. The minimum absolute atomic E-state index is 0.186. The van der Waals surface area contributed by atoms with Crippen molar-refractivity contribution in [2.45, 2.75) is 66.1 Å². The minimum atomic E-state index is -0.239. The number of allylic oxidation sites excluding steroid dienone is 1. The third-order valence-electron chi connectivity index (χ3n) is 15.2. The van der Waals surface area contributed by atoms with Crippen LogP contribution in [0, 0.1) is 25.7 Å². The molecule has 3 aliphatic heterocycles. The lowest BCUT2D eigenvalue weighted by atomic mass is 9.99. The van der Waals surface area contributed by atoms with E-state index in [4.69, 9.17) is 0 Å². The molecule has 0 saturated carbocycles. The molecule has 14 heterocycles. The number of thiophene rings is 11. The Morgan fingerprint density at radius 1 is 0.427 bits per heavy atom. The van der Waals surface area contributed by atoms with Crippen LogP contribution in [0.15, 0.2) is 91.0 Å². The molecule has 3 aliphatic rings. The molecule has 1 aromatic carbocycles. The largest absolute Gasteiger partial charge is 0.277 e. The first-order valence-electron chi connectivity index (χ1n) is 26.9. The van der Waals surface area contributed by atoms with Gasteiger partial charge >= 0.3 is 0 Å². The van der Waals surface area contributed by atoms with Gasteiger partial charge in [0.25, 0.3) is 23.6 Å². The highest BCUT2D eigenvalue weighted by molar-refractivity contribution is 8.09. The van der Waals surface area contributed by atoms with Crippen LogP contribution >= 0.6 is 136 Å². The molecule has 0 saturated heterocycles. The number of benzene rings is 1. The zero-order chi connectivity index (χ0) is 56.3. The summed E-state index contributed by atoms with van der Waals surface area (Å²) in [7, 11) is 3.19. The van der Waals surface area contributed by atoms with E-state index in [1.54, 1.807) is 93.9 Å². The van der Waals surface area contributed by atoms with E-state index in [9.17, 15) is 19.2 Å². The van der Waals surface area contributed by atoms with E-state index in [0.29, 0.717) is 34.1 Å². The zero-order valence-corrected chi connectivity index (χ0v) is 55.2. The van der Waals surface area contributed by atoms with Gasteiger partial charge in [0.15, 0.2) is 0 Å². The van der Waals surface area contributed by atoms with Crippen LogP contribution in [-0.4, -0.2) is 47.5 Å². The fourth-order valence-corrected chi connectivity index (χ4v) is 26.4. The third-order valence-corrected chi connectivity index (χ3v) is 30.2. The molecule has 15 rings (SSSR count). The number of aryl methyl sites for hydroxylation is 2. The molecular weight excluding hydrogens is 1250 g/mol. The number of nitrogens with zero attached hydrogens (tertiary/aromatic N) is 2. The van der Waals surface area contributed by atoms with Crippen LogP contribution in [-0.2, 0) is 12.8 Å². The molecule has 12 aromatic rings. The number of imide groups is 2. The summed E-state index contributed by atoms with van der Waals surface area (Å²) < 4.78 is 5.13. The van der Waals surface area contributed by atoms with E-state index in [1.807, 2.05) is 62.8 Å². The molecule has 0 fully saturated rings. The fraction of sp³-hybridized carbons (Fsp3) is 0.219. The van der Waals surface area contributed by atoms with Crippen LogP contribution in [0.4, 0.5) is 0 Å². The van der Waals surface area contributed by atoms with Crippen LogP contribution in [0.3, 0.4) is 0 Å². The highest BCUT2D eigenvalue weighted by atomic mass is 32.2. The number of carbonyl (C=O) groups is 4. The molecular formula is C64H48N2O4S12. The van der Waals surface area contributed by atoms with Crippen LogP contribution in [0.5, 0.6) is 0 Å². The van der Waals surface area contributed by atoms with Crippen molar-refractivity contribution in [2.24, 2.45) is 11.8 Å². The molecule has 0 aliphatic carbocycles. The van der Waals surface area contributed by atoms with Gasteiger partial charge in [0, 0.05) is 133 Å². The van der Waals surface area contributed by atoms with E-state index < -0.39 is 0 Å². The Balaban J connectivity index is 0.734. The Labute approximate surface area is 522 Å². The van der Waals surface area contributed by atoms with Gasteiger partial charge in [0.1, 0.15) is 0 Å². The fourth-order valence-electron chi connectivity index (χ4n) is 11.4. The van der Waals surface area contributed by atoms with Gasteiger partial charge in [-0.2, -0.15) is 0 Å². The van der Waals surface area contributed by atoms with Crippen molar-refractivity contribution < 1.29 is 19.2 Å². The van der Waals surface area contributed by atoms with Crippen molar-refractivity contribution in [1.29, 1.82) is 0 Å². The van der Waals surface area contributed by atoms with E-state index in [-0.39, 0.29) is 28.9 Å². The molecule has 410 valence electrons. The molecule has 18 heteroatoms. The van der Waals surface area contributed by atoms with Gasteiger partial charge in [0.2, 0.25) is 0 Å². The average molecular weight is 1290 g/mol. The topological polar surface area (TPSA) is 74.8 Å². The van der Waals surface area contributed by atoms with Gasteiger partial charge in [-0.3, -0.25) is 29.0 Å². The maximum absolute atomic E-state index is 14.2. The smallest absolute Gasteiger partial charge is 0.262 e. The summed E-state index contributed by atoms with van der Waals surface area (Å²) in [5, 5.41) is 2.82. The van der Waals surface area contributed by atoms with Crippen molar-refractivity contribution in [3.05, 3.63) is 143 Å². The molecule has 0 bridgehead atoms. The molecule has 0 N–H and O–H groups in total. The Bertz CT molecular complexity index is 4590. The Kier molecular flexibility index (Phi) is 13.4. The minimum Gasteiger partial charge on any atom is -0.277 e. The predicted octanol–water partition coefficient (Wildman–Crippen LogP) is 22.2. The molecule has 6 nitrogen and oxygen atoms in total. The normalized spacial score (nSPS) is 15.5. The van der Waals surface area contributed by atoms with Crippen molar-refractivity contribution in [1.82, 2.24) is 9.80 Å². The van der Waals surface area contributed by atoms with E-state index in [0.717, 1.165) is 72.9 Å². The number of hydrogen-bond acceptors (Lipinski definition) is 16. The molecule has 1 unspecified atom stereocenters. The molecule has 4 amide bonds. The van der Waals surface area contributed by atoms with Crippen molar-refractivity contribution in [3.8, 4) is 69.7 Å². The van der Waals surface area contributed by atoms with Crippen molar-refractivity contribution in [3.63, 3.8) is 0 Å².